The molecule has 56 heavy (non-hydrogen) atoms. The lowest BCUT2D eigenvalue weighted by molar-refractivity contribution is -0.124. The molecule has 0 N–H and O–H groups in total. The summed E-state index contributed by atoms with van der Waals surface area (Å²) >= 11 is 5.75. The number of amides is 2. The van der Waals surface area contributed by atoms with E-state index in [-0.39, 0.29) is 36.0 Å². The zero-order chi connectivity index (χ0) is 40.2. The van der Waals surface area contributed by atoms with Gasteiger partial charge in [-0.05, 0) is 101 Å². The first-order valence-corrected chi connectivity index (χ1v) is 23.6. The van der Waals surface area contributed by atoms with Crippen LogP contribution in [0.4, 0.5) is 16.2 Å². The molecule has 16 heteroatoms. The predicted octanol–water partition coefficient (Wildman–Crippen LogP) is 6.84. The third-order valence-electron chi connectivity index (χ3n) is 10.3. The molecule has 310 valence electrons. The van der Waals surface area contributed by atoms with E-state index in [4.69, 9.17) is 28.7 Å². The number of sulfone groups is 1. The lowest BCUT2D eigenvalue weighted by Gasteiger charge is -2.39. The summed E-state index contributed by atoms with van der Waals surface area (Å²) in [5, 5.41) is 0. The average molecular weight is 976 g/mol. The van der Waals surface area contributed by atoms with Crippen molar-refractivity contribution in [3.63, 3.8) is 0 Å². The van der Waals surface area contributed by atoms with Crippen LogP contribution >= 0.6 is 38.5 Å². The number of fused-ring (bicyclic) bond motifs is 3. The zero-order valence-electron chi connectivity index (χ0n) is 32.8. The molecule has 0 aliphatic carbocycles. The fraction of sp³-hybridized carbons (Fsp3) is 0.650. The van der Waals surface area contributed by atoms with Crippen molar-refractivity contribution in [2.75, 3.05) is 86.9 Å². The fourth-order valence-electron chi connectivity index (χ4n) is 7.49. The van der Waals surface area contributed by atoms with Gasteiger partial charge in [-0.3, -0.25) is 14.8 Å². The highest BCUT2D eigenvalue weighted by Crippen LogP contribution is 2.48. The first-order valence-electron chi connectivity index (χ1n) is 19.5. The van der Waals surface area contributed by atoms with E-state index in [2.05, 4.69) is 49.6 Å². The number of aliphatic imine (C=N–C) groups is 1. The van der Waals surface area contributed by atoms with E-state index >= 15 is 0 Å². The molecule has 4 heterocycles. The van der Waals surface area contributed by atoms with Gasteiger partial charge in [0.2, 0.25) is 5.91 Å². The Bertz CT molecular complexity index is 1770. The van der Waals surface area contributed by atoms with Crippen LogP contribution in [0.25, 0.3) is 0 Å². The molecule has 1 saturated heterocycles. The molecule has 0 radical (unpaired) electrons. The lowest BCUT2D eigenvalue weighted by Crippen LogP contribution is -2.51. The van der Waals surface area contributed by atoms with E-state index in [0.717, 1.165) is 51.9 Å². The highest BCUT2D eigenvalue weighted by Gasteiger charge is 2.53. The molecule has 0 bridgehead atoms. The molecule has 1 spiro atoms. The van der Waals surface area contributed by atoms with Gasteiger partial charge in [0.15, 0.2) is 9.84 Å². The Labute approximate surface area is 353 Å². The molecule has 1 atom stereocenters. The zero-order valence-corrected chi connectivity index (χ0v) is 37.4. The summed E-state index contributed by atoms with van der Waals surface area (Å²) in [5.41, 5.74) is 3.25. The van der Waals surface area contributed by atoms with Crippen LogP contribution in [0.1, 0.15) is 70.4 Å². The fourth-order valence-corrected chi connectivity index (χ4v) is 9.33. The van der Waals surface area contributed by atoms with Gasteiger partial charge in [-0.25, -0.2) is 13.2 Å². The number of anilines is 1. The smallest absolute Gasteiger partial charge is 0.410 e. The van der Waals surface area contributed by atoms with E-state index in [0.29, 0.717) is 89.6 Å². The van der Waals surface area contributed by atoms with Gasteiger partial charge in [0, 0.05) is 29.5 Å². The number of nitrogens with zero attached hydrogens (tertiary/aromatic N) is 4. The Kier molecular flexibility index (Phi) is 17.0. The minimum atomic E-state index is -3.28. The summed E-state index contributed by atoms with van der Waals surface area (Å²) in [6.45, 7) is 9.57. The van der Waals surface area contributed by atoms with Crippen LogP contribution in [0, 0.1) is 5.92 Å². The number of carbonyl (C=O) groups is 2. The lowest BCUT2D eigenvalue weighted by atomic mass is 9.74. The maximum absolute atomic E-state index is 14.5. The normalized spacial score (nSPS) is 18.3. The Balaban J connectivity index is 1.14. The van der Waals surface area contributed by atoms with Crippen LogP contribution < -0.4 is 4.90 Å². The van der Waals surface area contributed by atoms with Crippen molar-refractivity contribution < 1.29 is 41.7 Å². The Morgan fingerprint density at radius 1 is 0.982 bits per heavy atom. The number of hydrogen-bond acceptors (Lipinski definition) is 11. The number of likely N-dealkylation sites (tertiary alicyclic amines) is 1. The number of ether oxygens (including phenoxy) is 5. The molecule has 2 aromatic rings. The first-order chi connectivity index (χ1) is 26.8. The Morgan fingerprint density at radius 2 is 1.66 bits per heavy atom. The van der Waals surface area contributed by atoms with Crippen molar-refractivity contribution in [1.29, 1.82) is 0 Å². The van der Waals surface area contributed by atoms with Crippen LogP contribution in [0.3, 0.4) is 0 Å². The topological polar surface area (TPSA) is 146 Å². The maximum atomic E-state index is 14.5. The molecular weight excluding hydrogens is 919 g/mol. The first kappa shape index (κ1) is 44.9. The van der Waals surface area contributed by atoms with Crippen molar-refractivity contribution in [2.24, 2.45) is 10.9 Å². The van der Waals surface area contributed by atoms with Gasteiger partial charge >= 0.3 is 6.09 Å². The average Bonchev–Trinajstić information content (AvgIpc) is 3.36. The number of piperidine rings is 1. The number of aromatic nitrogens is 1. The Morgan fingerprint density at radius 3 is 2.34 bits per heavy atom. The van der Waals surface area contributed by atoms with Gasteiger partial charge in [0.05, 0.1) is 91.9 Å². The Hall–Kier alpha value is -2.22. The summed E-state index contributed by atoms with van der Waals surface area (Å²) in [5.74, 6) is 0.348. The number of rotatable bonds is 19. The molecule has 1 fully saturated rings. The van der Waals surface area contributed by atoms with Crippen LogP contribution in [-0.2, 0) is 50.2 Å². The minimum absolute atomic E-state index is 0.0142. The van der Waals surface area contributed by atoms with E-state index in [1.165, 1.54) is 0 Å². The van der Waals surface area contributed by atoms with Gasteiger partial charge in [-0.2, -0.15) is 0 Å². The molecule has 0 saturated carbocycles. The number of benzene rings is 1. The molecule has 2 amide bonds. The summed E-state index contributed by atoms with van der Waals surface area (Å²) in [6, 6.07) is 8.05. The second kappa shape index (κ2) is 21.2. The summed E-state index contributed by atoms with van der Waals surface area (Å²) in [7, 11) is -3.28. The van der Waals surface area contributed by atoms with E-state index in [1.807, 2.05) is 43.9 Å². The predicted molar refractivity (Wildman–Crippen MR) is 228 cm³/mol. The van der Waals surface area contributed by atoms with E-state index in [1.54, 1.807) is 17.3 Å². The van der Waals surface area contributed by atoms with Crippen molar-refractivity contribution in [1.82, 2.24) is 9.88 Å². The van der Waals surface area contributed by atoms with Crippen molar-refractivity contribution in [3.8, 4) is 0 Å². The van der Waals surface area contributed by atoms with Crippen LogP contribution in [0.2, 0.25) is 0 Å². The van der Waals surface area contributed by atoms with Crippen molar-refractivity contribution >= 4 is 77.4 Å². The number of halogens is 2. The van der Waals surface area contributed by atoms with Crippen LogP contribution in [-0.4, -0.2) is 124 Å². The summed E-state index contributed by atoms with van der Waals surface area (Å²) in [6.07, 6.45) is 7.76. The summed E-state index contributed by atoms with van der Waals surface area (Å²) in [4.78, 5) is 40.4. The van der Waals surface area contributed by atoms with Gasteiger partial charge < -0.3 is 33.5 Å². The molecular formula is C40H56BrIN4O9S. The molecule has 1 unspecified atom stereocenters. The molecule has 1 aromatic heterocycles. The second-order valence-corrected chi connectivity index (χ2v) is 19.4. The number of carbonyl (C=O) groups excluding carboxylic acids is 2. The third-order valence-corrected chi connectivity index (χ3v) is 13.0. The molecule has 1 aromatic carbocycles. The number of alkyl halides is 1. The quantitative estimate of drug-likeness (QED) is 0.0834. The monoisotopic (exact) mass is 974 g/mol. The summed E-state index contributed by atoms with van der Waals surface area (Å²) < 4.78 is 54.6. The van der Waals surface area contributed by atoms with Gasteiger partial charge in [-0.15, -0.1) is 0 Å². The highest BCUT2D eigenvalue weighted by atomic mass is 127. The van der Waals surface area contributed by atoms with Crippen molar-refractivity contribution in [3.05, 3.63) is 52.3 Å². The van der Waals surface area contributed by atoms with E-state index in [9.17, 15) is 18.0 Å². The molecule has 5 rings (SSSR count). The van der Waals surface area contributed by atoms with Gasteiger partial charge in [0.1, 0.15) is 5.60 Å². The van der Waals surface area contributed by atoms with Gasteiger partial charge in [0.25, 0.3) is 0 Å². The largest absolute Gasteiger partial charge is 0.444 e. The van der Waals surface area contributed by atoms with Gasteiger partial charge in [-0.1, -0.05) is 44.6 Å². The second-order valence-electron chi connectivity index (χ2n) is 15.5. The number of hydrogen-bond donors (Lipinski definition) is 0. The van der Waals surface area contributed by atoms with Crippen LogP contribution in [0.5, 0.6) is 0 Å². The molecule has 3 aliphatic rings. The molecule has 13 nitrogen and oxygen atoms in total. The maximum Gasteiger partial charge on any atom is 0.410 e. The number of pyridine rings is 1. The van der Waals surface area contributed by atoms with E-state index < -0.39 is 20.9 Å². The highest BCUT2D eigenvalue weighted by molar-refractivity contribution is 14.1. The SMILES string of the molecule is CC(C)(C)OC(=O)N1CCC2(CC1)C(=O)N(CC1=Nc3cc(Br)ccc3CC(CCCS(=O)(=O)CCOCCOCCOCCOCI)CC1)c1cnccc12. The molecule has 3 aliphatic heterocycles. The minimum Gasteiger partial charge on any atom is -0.444 e. The van der Waals surface area contributed by atoms with Crippen molar-refractivity contribution in [2.45, 2.75) is 76.7 Å². The standard InChI is InChI=1S/C40H56BrIN4O9S/c1-39(2,3)55-38(48)45-14-11-40(12-15-45)34-10-13-43-27-36(34)46(37(40)47)28-33-9-6-30(25-31-7-8-32(41)26-35(31)44-33)5-4-23-56(49,50)24-22-53-19-18-51-16-17-52-20-21-54-29-42/h7-8,10,13,26-27,30H,4-6,9,11-12,14-25,28-29H2,1-3H3. The van der Waals surface area contributed by atoms with Crippen LogP contribution in [0.15, 0.2) is 46.1 Å². The third kappa shape index (κ3) is 12.9.